The molecule has 0 aliphatic carbocycles. The lowest BCUT2D eigenvalue weighted by molar-refractivity contribution is 0.228. The Morgan fingerprint density at radius 3 is 3.07 bits per heavy atom. The maximum absolute atomic E-state index is 5.99. The van der Waals surface area contributed by atoms with Crippen molar-refractivity contribution in [3.8, 4) is 0 Å². The van der Waals surface area contributed by atoms with E-state index in [0.29, 0.717) is 6.04 Å². The number of nitrogens with zero attached hydrogens (tertiary/aromatic N) is 1. The summed E-state index contributed by atoms with van der Waals surface area (Å²) in [5.74, 6) is 3.16. The van der Waals surface area contributed by atoms with E-state index in [0.717, 1.165) is 19.0 Å². The Morgan fingerprint density at radius 2 is 2.40 bits per heavy atom. The zero-order chi connectivity index (χ0) is 10.7. The first-order chi connectivity index (χ1) is 7.29. The molecule has 0 spiro atoms. The molecule has 0 bridgehead atoms. The summed E-state index contributed by atoms with van der Waals surface area (Å²) in [6, 6.07) is 4.86. The van der Waals surface area contributed by atoms with Crippen LogP contribution in [-0.4, -0.2) is 34.9 Å². The molecular weight excluding hydrogens is 314 g/mol. The Hall–Kier alpha value is 0.780. The van der Waals surface area contributed by atoms with E-state index in [2.05, 4.69) is 33.0 Å². The van der Waals surface area contributed by atoms with E-state index >= 15 is 0 Å². The fourth-order valence-electron chi connectivity index (χ4n) is 1.68. The van der Waals surface area contributed by atoms with Gasteiger partial charge in [0.05, 0.1) is 3.79 Å². The molecule has 1 saturated heterocycles. The van der Waals surface area contributed by atoms with Gasteiger partial charge in [-0.1, -0.05) is 0 Å². The van der Waals surface area contributed by atoms with Gasteiger partial charge < -0.3 is 0 Å². The molecule has 2 rings (SSSR count). The van der Waals surface area contributed by atoms with E-state index in [9.17, 15) is 0 Å². The number of halogens is 2. The second-order valence-electron chi connectivity index (χ2n) is 3.56. The highest BCUT2D eigenvalue weighted by molar-refractivity contribution is 9.11. The highest BCUT2D eigenvalue weighted by atomic mass is 79.9. The number of hydrogen-bond acceptors (Lipinski definition) is 3. The first-order valence-electron chi connectivity index (χ1n) is 4.91. The second-order valence-corrected chi connectivity index (χ2v) is 7.57. The summed E-state index contributed by atoms with van der Waals surface area (Å²) in [6.45, 7) is 2.21. The van der Waals surface area contributed by atoms with Crippen LogP contribution in [0.2, 0.25) is 0 Å². The van der Waals surface area contributed by atoms with E-state index in [4.69, 9.17) is 11.6 Å². The molecule has 15 heavy (non-hydrogen) atoms. The number of hydrogen-bond donors (Lipinski definition) is 0. The van der Waals surface area contributed by atoms with Gasteiger partial charge in [0.1, 0.15) is 0 Å². The van der Waals surface area contributed by atoms with Gasteiger partial charge in [0.25, 0.3) is 0 Å². The lowest BCUT2D eigenvalue weighted by Crippen LogP contribution is -2.42. The molecule has 0 amide bonds. The average molecular weight is 327 g/mol. The zero-order valence-electron chi connectivity index (χ0n) is 8.29. The van der Waals surface area contributed by atoms with Crippen LogP contribution >= 0.6 is 50.6 Å². The van der Waals surface area contributed by atoms with Gasteiger partial charge in [0, 0.05) is 41.4 Å². The molecule has 1 unspecified atom stereocenters. The Kier molecular flexibility index (Phi) is 4.83. The first kappa shape index (κ1) is 12.2. The quantitative estimate of drug-likeness (QED) is 0.780. The van der Waals surface area contributed by atoms with Crippen molar-refractivity contribution in [2.45, 2.75) is 12.6 Å². The van der Waals surface area contributed by atoms with Crippen molar-refractivity contribution in [3.63, 3.8) is 0 Å². The number of rotatable bonds is 3. The summed E-state index contributed by atoms with van der Waals surface area (Å²) in [4.78, 5) is 3.92. The lowest BCUT2D eigenvalue weighted by Gasteiger charge is -2.33. The monoisotopic (exact) mass is 325 g/mol. The summed E-state index contributed by atoms with van der Waals surface area (Å²) in [7, 11) is 0. The number of thiophene rings is 1. The predicted octanol–water partition coefficient (Wildman–Crippen LogP) is 3.67. The highest BCUT2D eigenvalue weighted by Gasteiger charge is 2.22. The Balaban J connectivity index is 1.97. The van der Waals surface area contributed by atoms with Crippen molar-refractivity contribution >= 4 is 50.6 Å². The maximum Gasteiger partial charge on any atom is 0.0701 e. The van der Waals surface area contributed by atoms with E-state index in [1.165, 1.54) is 20.2 Å². The van der Waals surface area contributed by atoms with Crippen molar-refractivity contribution in [3.05, 3.63) is 20.8 Å². The van der Waals surface area contributed by atoms with E-state index < -0.39 is 0 Å². The van der Waals surface area contributed by atoms with Crippen LogP contribution in [0.15, 0.2) is 15.9 Å². The first-order valence-corrected chi connectivity index (χ1v) is 8.21. The molecule has 1 aromatic heterocycles. The second kappa shape index (κ2) is 5.92. The minimum Gasteiger partial charge on any atom is -0.292 e. The van der Waals surface area contributed by atoms with Gasteiger partial charge >= 0.3 is 0 Å². The molecule has 1 atom stereocenters. The molecule has 1 aromatic rings. The molecule has 0 radical (unpaired) electrons. The van der Waals surface area contributed by atoms with Gasteiger partial charge in [-0.3, -0.25) is 4.90 Å². The van der Waals surface area contributed by atoms with Gasteiger partial charge in [0.15, 0.2) is 0 Å². The molecule has 0 aromatic carbocycles. The molecule has 1 aliphatic rings. The maximum atomic E-state index is 5.99. The fourth-order valence-corrected chi connectivity index (χ4v) is 4.75. The van der Waals surface area contributed by atoms with Crippen LogP contribution in [0.3, 0.4) is 0 Å². The van der Waals surface area contributed by atoms with Crippen LogP contribution in [0.1, 0.15) is 4.88 Å². The largest absolute Gasteiger partial charge is 0.292 e. The van der Waals surface area contributed by atoms with Gasteiger partial charge in [0.2, 0.25) is 0 Å². The van der Waals surface area contributed by atoms with E-state index in [-0.39, 0.29) is 0 Å². The minimum atomic E-state index is 0.547. The SMILES string of the molecule is ClCC1CSCCN1Cc1ccc(Br)s1. The molecular formula is C10H13BrClNS2. The summed E-state index contributed by atoms with van der Waals surface area (Å²) in [5.41, 5.74) is 0. The van der Waals surface area contributed by atoms with Gasteiger partial charge in [-0.05, 0) is 28.1 Å². The van der Waals surface area contributed by atoms with E-state index in [1.807, 2.05) is 23.1 Å². The third kappa shape index (κ3) is 3.37. The third-order valence-corrected chi connectivity index (χ3v) is 5.57. The lowest BCUT2D eigenvalue weighted by atomic mass is 10.3. The summed E-state index contributed by atoms with van der Waals surface area (Å²) < 4.78 is 1.21. The Labute approximate surface area is 112 Å². The van der Waals surface area contributed by atoms with Crippen molar-refractivity contribution in [2.24, 2.45) is 0 Å². The van der Waals surface area contributed by atoms with Crippen LogP contribution in [0.25, 0.3) is 0 Å². The molecule has 0 saturated carbocycles. The topological polar surface area (TPSA) is 3.24 Å². The van der Waals surface area contributed by atoms with E-state index in [1.54, 1.807) is 0 Å². The van der Waals surface area contributed by atoms with Crippen LogP contribution < -0.4 is 0 Å². The van der Waals surface area contributed by atoms with Crippen LogP contribution in [-0.2, 0) is 6.54 Å². The van der Waals surface area contributed by atoms with Crippen LogP contribution in [0.4, 0.5) is 0 Å². The third-order valence-electron chi connectivity index (χ3n) is 2.52. The zero-order valence-corrected chi connectivity index (χ0v) is 12.3. The smallest absolute Gasteiger partial charge is 0.0701 e. The number of alkyl halides is 1. The highest BCUT2D eigenvalue weighted by Crippen LogP contribution is 2.26. The van der Waals surface area contributed by atoms with Gasteiger partial charge in [-0.2, -0.15) is 11.8 Å². The molecule has 5 heteroatoms. The average Bonchev–Trinajstić information content (AvgIpc) is 2.65. The summed E-state index contributed by atoms with van der Waals surface area (Å²) in [5, 5.41) is 0. The van der Waals surface area contributed by atoms with Crippen LogP contribution in [0.5, 0.6) is 0 Å². The molecule has 0 N–H and O–H groups in total. The van der Waals surface area contributed by atoms with Crippen molar-refractivity contribution in [2.75, 3.05) is 23.9 Å². The van der Waals surface area contributed by atoms with Crippen molar-refractivity contribution < 1.29 is 0 Å². The standard InChI is InChI=1S/C10H13BrClNS2/c11-10-2-1-9(15-10)6-13-3-4-14-7-8(13)5-12/h1-2,8H,3-7H2. The fraction of sp³-hybridized carbons (Fsp3) is 0.600. The molecule has 1 fully saturated rings. The minimum absolute atomic E-state index is 0.547. The van der Waals surface area contributed by atoms with Gasteiger partial charge in [-0.15, -0.1) is 22.9 Å². The van der Waals surface area contributed by atoms with Crippen molar-refractivity contribution in [1.82, 2.24) is 4.90 Å². The summed E-state index contributed by atoms with van der Waals surface area (Å²) in [6.07, 6.45) is 0. The van der Waals surface area contributed by atoms with Crippen molar-refractivity contribution in [1.29, 1.82) is 0 Å². The number of thioether (sulfide) groups is 1. The van der Waals surface area contributed by atoms with Crippen LogP contribution in [0, 0.1) is 0 Å². The molecule has 2 heterocycles. The normalized spacial score (nSPS) is 23.2. The Bertz CT molecular complexity index is 318. The molecule has 1 aliphatic heterocycles. The van der Waals surface area contributed by atoms with Gasteiger partial charge in [-0.25, -0.2) is 0 Å². The molecule has 1 nitrogen and oxygen atoms in total. The molecule has 84 valence electrons. The predicted molar refractivity (Wildman–Crippen MR) is 74.3 cm³/mol. The summed E-state index contributed by atoms with van der Waals surface area (Å²) >= 11 is 13.3. The Morgan fingerprint density at radius 1 is 1.53 bits per heavy atom.